The number of hydrogen-bond acceptors (Lipinski definition) is 4. The third-order valence-corrected chi connectivity index (χ3v) is 8.28. The molecule has 4 aliphatic carbocycles. The second-order valence-corrected chi connectivity index (χ2v) is 8.20. The molecular weight excluding hydrogens is 256 g/mol. The van der Waals surface area contributed by atoms with Crippen molar-refractivity contribution in [2.75, 3.05) is 6.61 Å². The molecule has 112 valence electrons. The predicted octanol–water partition coefficient (Wildman–Crippen LogP) is 1.28. The lowest BCUT2D eigenvalue weighted by Crippen LogP contribution is -2.83. The van der Waals surface area contributed by atoms with Crippen molar-refractivity contribution in [3.8, 4) is 0 Å². The maximum atomic E-state index is 12.9. The molecule has 6 unspecified atom stereocenters. The van der Waals surface area contributed by atoms with Crippen molar-refractivity contribution in [1.29, 1.82) is 0 Å². The fraction of sp³-hybridized carbons (Fsp3) is 0.938. The van der Waals surface area contributed by atoms with Gasteiger partial charge in [0, 0.05) is 17.3 Å². The number of fused-ring (bicyclic) bond motifs is 1. The number of hydrogen-bond donors (Lipinski definition) is 2. The Balaban J connectivity index is 2.10. The van der Waals surface area contributed by atoms with E-state index in [-0.39, 0.29) is 18.1 Å². The Kier molecular flexibility index (Phi) is 1.99. The van der Waals surface area contributed by atoms with Crippen LogP contribution in [0.1, 0.15) is 47.0 Å². The first-order chi connectivity index (χ1) is 9.12. The van der Waals surface area contributed by atoms with Crippen LogP contribution in [0.2, 0.25) is 0 Å². The molecule has 0 aromatic heterocycles. The highest BCUT2D eigenvalue weighted by atomic mass is 16.5. The Morgan fingerprint density at radius 2 is 1.95 bits per heavy atom. The zero-order chi connectivity index (χ0) is 14.8. The first-order valence-corrected chi connectivity index (χ1v) is 7.69. The lowest BCUT2D eigenvalue weighted by Gasteiger charge is -2.71. The summed E-state index contributed by atoms with van der Waals surface area (Å²) in [5.41, 5.74) is -4.02. The molecule has 7 atom stereocenters. The van der Waals surface area contributed by atoms with E-state index >= 15 is 0 Å². The Morgan fingerprint density at radius 3 is 2.60 bits per heavy atom. The Morgan fingerprint density at radius 1 is 1.30 bits per heavy atom. The molecule has 5 aliphatic rings. The zero-order valence-electron chi connectivity index (χ0n) is 12.7. The van der Waals surface area contributed by atoms with E-state index in [4.69, 9.17) is 4.74 Å². The molecule has 0 amide bonds. The van der Waals surface area contributed by atoms with Gasteiger partial charge in [-0.3, -0.25) is 4.79 Å². The summed E-state index contributed by atoms with van der Waals surface area (Å²) in [5.74, 6) is 0.292. The van der Waals surface area contributed by atoms with E-state index in [0.29, 0.717) is 13.0 Å². The van der Waals surface area contributed by atoms with E-state index in [9.17, 15) is 15.0 Å². The third-order valence-electron chi connectivity index (χ3n) is 8.28. The van der Waals surface area contributed by atoms with E-state index in [1.165, 1.54) is 0 Å². The van der Waals surface area contributed by atoms with Crippen LogP contribution in [0, 0.1) is 22.2 Å². The van der Waals surface area contributed by atoms with Gasteiger partial charge >= 0.3 is 0 Å². The van der Waals surface area contributed by atoms with Gasteiger partial charge < -0.3 is 14.9 Å². The molecule has 0 radical (unpaired) electrons. The summed E-state index contributed by atoms with van der Waals surface area (Å²) in [6.45, 7) is 8.18. The van der Waals surface area contributed by atoms with Crippen molar-refractivity contribution in [3.05, 3.63) is 0 Å². The van der Waals surface area contributed by atoms with Crippen LogP contribution in [0.3, 0.4) is 0 Å². The number of ketones is 1. The second kappa shape index (κ2) is 3.01. The summed E-state index contributed by atoms with van der Waals surface area (Å²) in [6.07, 6.45) is 1.03. The molecule has 4 nitrogen and oxygen atoms in total. The lowest BCUT2D eigenvalue weighted by molar-refractivity contribution is -0.308. The molecule has 1 spiro atoms. The van der Waals surface area contributed by atoms with Crippen LogP contribution in [-0.4, -0.2) is 39.9 Å². The molecule has 5 rings (SSSR count). The molecule has 5 fully saturated rings. The molecule has 2 N–H and O–H groups in total. The molecule has 4 saturated carbocycles. The summed E-state index contributed by atoms with van der Waals surface area (Å²) in [7, 11) is 0. The van der Waals surface area contributed by atoms with Crippen LogP contribution in [0.5, 0.6) is 0 Å². The van der Waals surface area contributed by atoms with Crippen LogP contribution < -0.4 is 0 Å². The lowest BCUT2D eigenvalue weighted by atomic mass is 9.33. The maximum Gasteiger partial charge on any atom is 0.143 e. The Labute approximate surface area is 119 Å². The molecule has 1 heterocycles. The molecule has 1 aliphatic heterocycles. The second-order valence-electron chi connectivity index (χ2n) is 8.20. The minimum atomic E-state index is -1.00. The zero-order valence-corrected chi connectivity index (χ0v) is 12.7. The number of carbonyl (C=O) groups excluding carboxylic acids is 1. The number of aliphatic hydroxyl groups is 2. The monoisotopic (exact) mass is 280 g/mol. The molecular formula is C16H24O4. The summed E-state index contributed by atoms with van der Waals surface area (Å²) in [6, 6.07) is 0. The van der Waals surface area contributed by atoms with E-state index in [2.05, 4.69) is 6.92 Å². The van der Waals surface area contributed by atoms with Gasteiger partial charge in [0.05, 0.1) is 23.7 Å². The van der Waals surface area contributed by atoms with Crippen molar-refractivity contribution in [3.63, 3.8) is 0 Å². The number of ether oxygens (including phenoxy) is 1. The molecule has 4 heteroatoms. The normalized spacial score (nSPS) is 67.6. The minimum Gasteiger partial charge on any atom is -0.389 e. The predicted molar refractivity (Wildman–Crippen MR) is 72.0 cm³/mol. The van der Waals surface area contributed by atoms with Gasteiger partial charge in [-0.15, -0.1) is 0 Å². The van der Waals surface area contributed by atoms with Gasteiger partial charge in [0.15, 0.2) is 0 Å². The number of rotatable bonds is 0. The SMILES string of the molecule is C[C@H]1CCC2(O)C13CC(=O)C1(C)C(C)(OCC21C)C3O. The van der Waals surface area contributed by atoms with Crippen molar-refractivity contribution in [1.82, 2.24) is 0 Å². The fourth-order valence-corrected chi connectivity index (χ4v) is 6.56. The molecule has 0 aromatic rings. The average Bonchev–Trinajstić information content (AvgIpc) is 2.77. The Bertz CT molecular complexity index is 533. The molecule has 0 aromatic carbocycles. The number of Topliss-reactive ketones (excluding diaryl/α,β-unsaturated/α-hetero) is 1. The molecule has 20 heavy (non-hydrogen) atoms. The smallest absolute Gasteiger partial charge is 0.143 e. The first-order valence-electron chi connectivity index (χ1n) is 7.69. The summed E-state index contributed by atoms with van der Waals surface area (Å²) in [5, 5.41) is 22.7. The quantitative estimate of drug-likeness (QED) is 0.701. The highest BCUT2D eigenvalue weighted by Crippen LogP contribution is 2.80. The number of carbonyl (C=O) groups is 1. The van der Waals surface area contributed by atoms with Gasteiger partial charge in [-0.05, 0) is 32.6 Å². The first kappa shape index (κ1) is 13.2. The van der Waals surface area contributed by atoms with Gasteiger partial charge in [-0.2, -0.15) is 0 Å². The summed E-state index contributed by atoms with van der Waals surface area (Å²) < 4.78 is 6.00. The summed E-state index contributed by atoms with van der Waals surface area (Å²) in [4.78, 5) is 12.9. The van der Waals surface area contributed by atoms with Crippen molar-refractivity contribution in [2.24, 2.45) is 22.2 Å². The van der Waals surface area contributed by atoms with E-state index in [1.807, 2.05) is 20.8 Å². The van der Waals surface area contributed by atoms with Crippen LogP contribution >= 0.6 is 0 Å². The van der Waals surface area contributed by atoms with Crippen molar-refractivity contribution >= 4 is 5.78 Å². The maximum absolute atomic E-state index is 12.9. The number of aliphatic hydroxyl groups excluding tert-OH is 1. The van der Waals surface area contributed by atoms with Crippen LogP contribution in [0.25, 0.3) is 0 Å². The van der Waals surface area contributed by atoms with Crippen molar-refractivity contribution in [2.45, 2.75) is 64.3 Å². The summed E-state index contributed by atoms with van der Waals surface area (Å²) >= 11 is 0. The fourth-order valence-electron chi connectivity index (χ4n) is 6.56. The standard InChI is InChI=1S/C16H24O4/c1-9-5-6-16(19)12(2)8-20-14(4)11(18)15(9,16)7-10(17)13(12,14)3/h9,11,18-19H,5-8H2,1-4H3/t9-,11?,12?,13?,14?,15?,16?/m0/s1. The van der Waals surface area contributed by atoms with Crippen LogP contribution in [0.4, 0.5) is 0 Å². The average molecular weight is 280 g/mol. The van der Waals surface area contributed by atoms with Gasteiger partial charge in [0.1, 0.15) is 11.4 Å². The van der Waals surface area contributed by atoms with Gasteiger partial charge in [0.2, 0.25) is 0 Å². The highest BCUT2D eigenvalue weighted by Gasteiger charge is 2.89. The van der Waals surface area contributed by atoms with Crippen LogP contribution in [0.15, 0.2) is 0 Å². The van der Waals surface area contributed by atoms with Gasteiger partial charge in [-0.1, -0.05) is 13.8 Å². The largest absolute Gasteiger partial charge is 0.389 e. The minimum absolute atomic E-state index is 0.136. The highest BCUT2D eigenvalue weighted by molar-refractivity contribution is 5.91. The topological polar surface area (TPSA) is 66.8 Å². The molecule has 4 bridgehead atoms. The van der Waals surface area contributed by atoms with Gasteiger partial charge in [-0.25, -0.2) is 0 Å². The molecule has 1 saturated heterocycles. The van der Waals surface area contributed by atoms with Crippen molar-refractivity contribution < 1.29 is 19.7 Å². The Hall–Kier alpha value is -0.450. The van der Waals surface area contributed by atoms with Crippen LogP contribution in [-0.2, 0) is 9.53 Å². The van der Waals surface area contributed by atoms with E-state index in [1.54, 1.807) is 0 Å². The third kappa shape index (κ3) is 0.799. The van der Waals surface area contributed by atoms with E-state index in [0.717, 1.165) is 6.42 Å². The van der Waals surface area contributed by atoms with Gasteiger partial charge in [0.25, 0.3) is 0 Å². The van der Waals surface area contributed by atoms with E-state index < -0.39 is 33.6 Å².